The number of carboxylic acid groups (broad SMARTS) is 1. The van der Waals surface area contributed by atoms with Gasteiger partial charge in [0, 0.05) is 0 Å². The zero-order chi connectivity index (χ0) is 24.4. The third kappa shape index (κ3) is 10.4. The number of hydrogen-bond acceptors (Lipinski definition) is 3. The van der Waals surface area contributed by atoms with Gasteiger partial charge in [0.1, 0.15) is 18.1 Å². The fourth-order valence-corrected chi connectivity index (χ4v) is 3.30. The predicted octanol–water partition coefficient (Wildman–Crippen LogP) is 8.04. The van der Waals surface area contributed by atoms with Gasteiger partial charge in [0.25, 0.3) is 0 Å². The molecule has 3 rings (SSSR count). The SMILES string of the molecule is C=CCOc1ccc(C(=O)O)cc1.CCCCCCCCOc1ccc(-c2ccccc2)cc1. The second-order valence-corrected chi connectivity index (χ2v) is 7.94. The Morgan fingerprint density at radius 3 is 1.94 bits per heavy atom. The van der Waals surface area contributed by atoms with Crippen LogP contribution in [0.15, 0.2) is 91.5 Å². The second-order valence-electron chi connectivity index (χ2n) is 7.94. The minimum atomic E-state index is -0.935. The first-order chi connectivity index (χ1) is 16.6. The van der Waals surface area contributed by atoms with Crippen LogP contribution in [0, 0.1) is 0 Å². The van der Waals surface area contributed by atoms with Gasteiger partial charge in [-0.05, 0) is 53.9 Å². The molecule has 180 valence electrons. The van der Waals surface area contributed by atoms with Crippen molar-refractivity contribution >= 4 is 5.97 Å². The van der Waals surface area contributed by atoms with Gasteiger partial charge in [-0.1, -0.05) is 94.1 Å². The molecule has 0 aliphatic heterocycles. The number of hydrogen-bond donors (Lipinski definition) is 1. The van der Waals surface area contributed by atoms with Gasteiger partial charge in [0.2, 0.25) is 0 Å². The third-order valence-corrected chi connectivity index (χ3v) is 5.20. The molecule has 4 heteroatoms. The Bertz CT molecular complexity index is 947. The second kappa shape index (κ2) is 16.1. The van der Waals surface area contributed by atoms with Crippen LogP contribution in [0.3, 0.4) is 0 Å². The van der Waals surface area contributed by atoms with Crippen molar-refractivity contribution in [1.82, 2.24) is 0 Å². The average molecular weight is 461 g/mol. The van der Waals surface area contributed by atoms with E-state index >= 15 is 0 Å². The number of benzene rings is 3. The molecule has 0 aliphatic carbocycles. The van der Waals surface area contributed by atoms with Gasteiger partial charge in [-0.25, -0.2) is 4.79 Å². The first-order valence-corrected chi connectivity index (χ1v) is 12.0. The predicted molar refractivity (Wildman–Crippen MR) is 140 cm³/mol. The summed E-state index contributed by atoms with van der Waals surface area (Å²) in [6, 6.07) is 25.1. The number of unbranched alkanes of at least 4 members (excludes halogenated alkanes) is 5. The molecule has 0 saturated carbocycles. The van der Waals surface area contributed by atoms with Crippen LogP contribution in [0.5, 0.6) is 11.5 Å². The Labute approximate surface area is 203 Å². The van der Waals surface area contributed by atoms with Crippen molar-refractivity contribution in [2.75, 3.05) is 13.2 Å². The van der Waals surface area contributed by atoms with Crippen molar-refractivity contribution in [2.45, 2.75) is 45.4 Å². The smallest absolute Gasteiger partial charge is 0.335 e. The minimum absolute atomic E-state index is 0.256. The van der Waals surface area contributed by atoms with Gasteiger partial charge in [-0.2, -0.15) is 0 Å². The summed E-state index contributed by atoms with van der Waals surface area (Å²) in [4.78, 5) is 10.5. The van der Waals surface area contributed by atoms with Crippen LogP contribution < -0.4 is 9.47 Å². The summed E-state index contributed by atoms with van der Waals surface area (Å²) in [6.45, 7) is 7.01. The van der Waals surface area contributed by atoms with Crippen molar-refractivity contribution in [1.29, 1.82) is 0 Å². The molecular weight excluding hydrogens is 424 g/mol. The maximum absolute atomic E-state index is 10.5. The van der Waals surface area contributed by atoms with Crippen molar-refractivity contribution < 1.29 is 19.4 Å². The highest BCUT2D eigenvalue weighted by atomic mass is 16.5. The molecule has 0 radical (unpaired) electrons. The van der Waals surface area contributed by atoms with Crippen molar-refractivity contribution in [3.63, 3.8) is 0 Å². The van der Waals surface area contributed by atoms with Crippen LogP contribution in [-0.4, -0.2) is 24.3 Å². The Hall–Kier alpha value is -3.53. The zero-order valence-electron chi connectivity index (χ0n) is 20.1. The van der Waals surface area contributed by atoms with E-state index in [1.807, 2.05) is 6.07 Å². The van der Waals surface area contributed by atoms with Crippen molar-refractivity contribution in [3.05, 3.63) is 97.1 Å². The van der Waals surface area contributed by atoms with E-state index in [0.29, 0.717) is 12.4 Å². The summed E-state index contributed by atoms with van der Waals surface area (Å²) in [7, 11) is 0. The lowest BCUT2D eigenvalue weighted by molar-refractivity contribution is 0.0697. The first kappa shape index (κ1) is 26.7. The van der Waals surface area contributed by atoms with E-state index in [2.05, 4.69) is 62.0 Å². The summed E-state index contributed by atoms with van der Waals surface area (Å²) < 4.78 is 11.0. The number of aromatic carboxylic acids is 1. The molecule has 0 aliphatic rings. The molecule has 34 heavy (non-hydrogen) atoms. The Morgan fingerprint density at radius 2 is 1.32 bits per heavy atom. The number of carboxylic acids is 1. The van der Waals surface area contributed by atoms with Crippen LogP contribution in [-0.2, 0) is 0 Å². The van der Waals surface area contributed by atoms with E-state index in [1.54, 1.807) is 18.2 Å². The van der Waals surface area contributed by atoms with Crippen LogP contribution in [0.4, 0.5) is 0 Å². The van der Waals surface area contributed by atoms with E-state index in [4.69, 9.17) is 14.6 Å². The molecular formula is C30H36O4. The summed E-state index contributed by atoms with van der Waals surface area (Å²) in [5.74, 6) is 0.684. The molecule has 0 fully saturated rings. The molecule has 3 aromatic rings. The lowest BCUT2D eigenvalue weighted by Crippen LogP contribution is -1.97. The van der Waals surface area contributed by atoms with E-state index in [1.165, 1.54) is 55.4 Å². The molecule has 0 spiro atoms. The maximum atomic E-state index is 10.5. The van der Waals surface area contributed by atoms with E-state index < -0.39 is 5.97 Å². The average Bonchev–Trinajstić information content (AvgIpc) is 2.88. The lowest BCUT2D eigenvalue weighted by Gasteiger charge is -2.07. The molecule has 0 unspecified atom stereocenters. The van der Waals surface area contributed by atoms with Crippen LogP contribution >= 0.6 is 0 Å². The molecule has 0 atom stereocenters. The Balaban J connectivity index is 0.000000270. The van der Waals surface area contributed by atoms with E-state index in [0.717, 1.165) is 18.8 Å². The van der Waals surface area contributed by atoms with Gasteiger partial charge < -0.3 is 14.6 Å². The fraction of sp³-hybridized carbons (Fsp3) is 0.300. The summed E-state index contributed by atoms with van der Waals surface area (Å²) >= 11 is 0. The molecule has 0 bridgehead atoms. The third-order valence-electron chi connectivity index (χ3n) is 5.20. The summed E-state index contributed by atoms with van der Waals surface area (Å²) in [6.07, 6.45) is 9.44. The van der Waals surface area contributed by atoms with Gasteiger partial charge in [-0.3, -0.25) is 0 Å². The molecule has 1 N–H and O–H groups in total. The molecule has 0 aromatic heterocycles. The lowest BCUT2D eigenvalue weighted by atomic mass is 10.1. The van der Waals surface area contributed by atoms with Crippen LogP contribution in [0.25, 0.3) is 11.1 Å². The monoisotopic (exact) mass is 460 g/mol. The molecule has 0 heterocycles. The van der Waals surface area contributed by atoms with E-state index in [9.17, 15) is 4.79 Å². The molecule has 0 saturated heterocycles. The highest BCUT2D eigenvalue weighted by Crippen LogP contribution is 2.22. The van der Waals surface area contributed by atoms with E-state index in [-0.39, 0.29) is 5.56 Å². The molecule has 4 nitrogen and oxygen atoms in total. The quantitative estimate of drug-likeness (QED) is 0.207. The minimum Gasteiger partial charge on any atom is -0.494 e. The molecule has 0 amide bonds. The summed E-state index contributed by atoms with van der Waals surface area (Å²) in [5, 5.41) is 8.59. The fourth-order valence-electron chi connectivity index (χ4n) is 3.30. The Kier molecular flexibility index (Phi) is 12.7. The van der Waals surface area contributed by atoms with Crippen LogP contribution in [0.2, 0.25) is 0 Å². The number of carbonyl (C=O) groups is 1. The number of ether oxygens (including phenoxy) is 2. The first-order valence-electron chi connectivity index (χ1n) is 12.0. The highest BCUT2D eigenvalue weighted by molar-refractivity contribution is 5.87. The van der Waals surface area contributed by atoms with Crippen molar-refractivity contribution in [3.8, 4) is 22.6 Å². The van der Waals surface area contributed by atoms with Gasteiger partial charge >= 0.3 is 5.97 Å². The van der Waals surface area contributed by atoms with Gasteiger partial charge in [0.05, 0.1) is 12.2 Å². The van der Waals surface area contributed by atoms with Crippen LogP contribution in [0.1, 0.15) is 55.8 Å². The standard InChI is InChI=1S/C20H26O.C10H10O3/c1-2-3-4-5-6-10-17-21-20-15-13-19(14-16-20)18-11-8-7-9-12-18;1-2-7-13-9-5-3-8(4-6-9)10(11)12/h7-9,11-16H,2-6,10,17H2,1H3;2-6H,1,7H2,(H,11,12). The summed E-state index contributed by atoms with van der Waals surface area (Å²) in [5.41, 5.74) is 2.74. The highest BCUT2D eigenvalue weighted by Gasteiger charge is 2.01. The number of rotatable bonds is 13. The van der Waals surface area contributed by atoms with Crippen molar-refractivity contribution in [2.24, 2.45) is 0 Å². The normalized spacial score (nSPS) is 10.0. The Morgan fingerprint density at radius 1 is 0.765 bits per heavy atom. The molecule has 3 aromatic carbocycles. The topological polar surface area (TPSA) is 55.8 Å². The van der Waals surface area contributed by atoms with Gasteiger partial charge in [-0.15, -0.1) is 0 Å². The largest absolute Gasteiger partial charge is 0.494 e. The van der Waals surface area contributed by atoms with Gasteiger partial charge in [0.15, 0.2) is 0 Å². The zero-order valence-corrected chi connectivity index (χ0v) is 20.1. The maximum Gasteiger partial charge on any atom is 0.335 e.